The van der Waals surface area contributed by atoms with Gasteiger partial charge in [-0.1, -0.05) is 6.07 Å². The quantitative estimate of drug-likeness (QED) is 0.701. The second kappa shape index (κ2) is 4.05. The van der Waals surface area contributed by atoms with E-state index >= 15 is 0 Å². The molecule has 2 heterocycles. The van der Waals surface area contributed by atoms with E-state index < -0.39 is 0 Å². The summed E-state index contributed by atoms with van der Waals surface area (Å²) >= 11 is 5.74. The minimum Gasteiger partial charge on any atom is -0.264 e. The third kappa shape index (κ3) is 1.99. The number of aromatic nitrogens is 1. The summed E-state index contributed by atoms with van der Waals surface area (Å²) in [5.41, 5.74) is 7.56. The van der Waals surface area contributed by atoms with E-state index in [9.17, 15) is 0 Å². The normalized spacial score (nSPS) is 27.8. The zero-order chi connectivity index (χ0) is 9.10. The van der Waals surface area contributed by atoms with Crippen LogP contribution in [0, 0.1) is 0 Å². The Kier molecular flexibility index (Phi) is 2.78. The molecule has 0 amide bonds. The number of alkyl halides is 1. The first kappa shape index (κ1) is 8.94. The van der Waals surface area contributed by atoms with Crippen LogP contribution in [0.15, 0.2) is 24.5 Å². The zero-order valence-corrected chi connectivity index (χ0v) is 7.96. The highest BCUT2D eigenvalue weighted by Crippen LogP contribution is 2.21. The molecule has 0 aliphatic carbocycles. The van der Waals surface area contributed by atoms with Gasteiger partial charge in [-0.15, -0.1) is 11.6 Å². The number of hydrazine groups is 1. The Morgan fingerprint density at radius 3 is 3.08 bits per heavy atom. The molecule has 13 heavy (non-hydrogen) atoms. The molecule has 0 saturated carbocycles. The van der Waals surface area contributed by atoms with E-state index in [0.717, 1.165) is 6.42 Å². The topological polar surface area (TPSA) is 37.0 Å². The lowest BCUT2D eigenvalue weighted by Crippen LogP contribution is -2.31. The SMILES string of the molecule is ClCC1CC(c2cccnc2)NN1. The first-order chi connectivity index (χ1) is 6.40. The Hall–Kier alpha value is -0.640. The van der Waals surface area contributed by atoms with Crippen molar-refractivity contribution in [3.8, 4) is 0 Å². The highest BCUT2D eigenvalue weighted by atomic mass is 35.5. The highest BCUT2D eigenvalue weighted by Gasteiger charge is 2.23. The fourth-order valence-corrected chi connectivity index (χ4v) is 1.73. The highest BCUT2D eigenvalue weighted by molar-refractivity contribution is 6.18. The summed E-state index contributed by atoms with van der Waals surface area (Å²) in [6.07, 6.45) is 4.69. The van der Waals surface area contributed by atoms with Gasteiger partial charge in [-0.2, -0.15) is 0 Å². The molecule has 2 rings (SSSR count). The molecule has 0 bridgehead atoms. The second-order valence-corrected chi connectivity index (χ2v) is 3.52. The van der Waals surface area contributed by atoms with Crippen molar-refractivity contribution < 1.29 is 0 Å². The molecule has 4 heteroatoms. The number of hydrogen-bond acceptors (Lipinski definition) is 3. The number of pyridine rings is 1. The fourth-order valence-electron chi connectivity index (χ4n) is 1.52. The molecular formula is C9H12ClN3. The number of hydrogen-bond donors (Lipinski definition) is 2. The molecule has 3 nitrogen and oxygen atoms in total. The minimum atomic E-state index is 0.345. The summed E-state index contributed by atoms with van der Waals surface area (Å²) in [7, 11) is 0. The second-order valence-electron chi connectivity index (χ2n) is 3.21. The van der Waals surface area contributed by atoms with Crippen molar-refractivity contribution in [1.82, 2.24) is 15.8 Å². The first-order valence-electron chi connectivity index (χ1n) is 4.37. The Bertz CT molecular complexity index is 265. The Morgan fingerprint density at radius 2 is 2.46 bits per heavy atom. The standard InChI is InChI=1S/C9H12ClN3/c10-5-8-4-9(13-12-8)7-2-1-3-11-6-7/h1-3,6,8-9,12-13H,4-5H2. The molecule has 2 atom stereocenters. The van der Waals surface area contributed by atoms with Gasteiger partial charge in [-0.05, 0) is 18.1 Å². The Balaban J connectivity index is 2.04. The lowest BCUT2D eigenvalue weighted by molar-refractivity contribution is 0.561. The van der Waals surface area contributed by atoms with Crippen molar-refractivity contribution >= 4 is 11.6 Å². The summed E-state index contributed by atoms with van der Waals surface area (Å²) in [5.74, 6) is 0.643. The van der Waals surface area contributed by atoms with Gasteiger partial charge >= 0.3 is 0 Å². The summed E-state index contributed by atoms with van der Waals surface area (Å²) in [5, 5.41) is 0. The van der Waals surface area contributed by atoms with E-state index in [1.165, 1.54) is 5.56 Å². The van der Waals surface area contributed by atoms with Crippen molar-refractivity contribution in [2.75, 3.05) is 5.88 Å². The van der Waals surface area contributed by atoms with Crippen LogP contribution in [0.25, 0.3) is 0 Å². The predicted octanol–water partition coefficient (Wildman–Crippen LogP) is 1.23. The van der Waals surface area contributed by atoms with Gasteiger partial charge in [-0.25, -0.2) is 5.43 Å². The average molecular weight is 198 g/mol. The van der Waals surface area contributed by atoms with Gasteiger partial charge < -0.3 is 0 Å². The maximum atomic E-state index is 5.74. The van der Waals surface area contributed by atoms with Gasteiger partial charge in [0.05, 0.1) is 0 Å². The number of nitrogens with one attached hydrogen (secondary N) is 2. The van der Waals surface area contributed by atoms with Gasteiger partial charge in [0.2, 0.25) is 0 Å². The lowest BCUT2D eigenvalue weighted by atomic mass is 10.1. The van der Waals surface area contributed by atoms with Crippen molar-refractivity contribution in [1.29, 1.82) is 0 Å². The molecule has 1 aliphatic heterocycles. The molecule has 1 aromatic heterocycles. The van der Waals surface area contributed by atoms with E-state index in [4.69, 9.17) is 11.6 Å². The molecule has 1 aliphatic rings. The van der Waals surface area contributed by atoms with Crippen LogP contribution in [0.1, 0.15) is 18.0 Å². The zero-order valence-electron chi connectivity index (χ0n) is 7.20. The fraction of sp³-hybridized carbons (Fsp3) is 0.444. The largest absolute Gasteiger partial charge is 0.264 e. The van der Waals surface area contributed by atoms with Crippen LogP contribution in [-0.4, -0.2) is 16.9 Å². The van der Waals surface area contributed by atoms with Gasteiger partial charge in [0.25, 0.3) is 0 Å². The van der Waals surface area contributed by atoms with Crippen LogP contribution in [0.3, 0.4) is 0 Å². The van der Waals surface area contributed by atoms with E-state index in [0.29, 0.717) is 18.0 Å². The summed E-state index contributed by atoms with van der Waals surface area (Å²) in [6, 6.07) is 4.73. The van der Waals surface area contributed by atoms with Crippen molar-refractivity contribution in [2.24, 2.45) is 0 Å². The summed E-state index contributed by atoms with van der Waals surface area (Å²) in [4.78, 5) is 4.08. The number of halogens is 1. The molecule has 2 N–H and O–H groups in total. The van der Waals surface area contributed by atoms with Crippen molar-refractivity contribution in [2.45, 2.75) is 18.5 Å². The van der Waals surface area contributed by atoms with Gasteiger partial charge in [0.15, 0.2) is 0 Å². The first-order valence-corrected chi connectivity index (χ1v) is 4.90. The van der Waals surface area contributed by atoms with Crippen LogP contribution in [-0.2, 0) is 0 Å². The Labute approximate surface area is 82.5 Å². The van der Waals surface area contributed by atoms with E-state index in [2.05, 4.69) is 21.9 Å². The molecule has 0 spiro atoms. The molecule has 0 radical (unpaired) electrons. The number of nitrogens with zero attached hydrogens (tertiary/aromatic N) is 1. The average Bonchev–Trinajstić information content (AvgIpc) is 2.67. The predicted molar refractivity (Wildman–Crippen MR) is 52.4 cm³/mol. The van der Waals surface area contributed by atoms with Crippen molar-refractivity contribution in [3.63, 3.8) is 0 Å². The van der Waals surface area contributed by atoms with Crippen LogP contribution in [0.2, 0.25) is 0 Å². The molecule has 1 saturated heterocycles. The minimum absolute atomic E-state index is 0.345. The van der Waals surface area contributed by atoms with E-state index in [-0.39, 0.29) is 0 Å². The van der Waals surface area contributed by atoms with Crippen LogP contribution in [0.4, 0.5) is 0 Å². The third-order valence-corrected chi connectivity index (χ3v) is 2.63. The van der Waals surface area contributed by atoms with Crippen molar-refractivity contribution in [3.05, 3.63) is 30.1 Å². The van der Waals surface area contributed by atoms with E-state index in [1.807, 2.05) is 12.3 Å². The third-order valence-electron chi connectivity index (χ3n) is 2.25. The maximum absolute atomic E-state index is 5.74. The molecular weight excluding hydrogens is 186 g/mol. The lowest BCUT2D eigenvalue weighted by Gasteiger charge is -2.07. The summed E-state index contributed by atoms with van der Waals surface area (Å²) in [6.45, 7) is 0. The smallest absolute Gasteiger partial charge is 0.0493 e. The molecule has 70 valence electrons. The number of rotatable bonds is 2. The van der Waals surface area contributed by atoms with Crippen LogP contribution in [0.5, 0.6) is 0 Å². The maximum Gasteiger partial charge on any atom is 0.0493 e. The van der Waals surface area contributed by atoms with Gasteiger partial charge in [-0.3, -0.25) is 10.4 Å². The van der Waals surface area contributed by atoms with Crippen LogP contribution >= 0.6 is 11.6 Å². The van der Waals surface area contributed by atoms with Gasteiger partial charge in [0, 0.05) is 30.4 Å². The monoisotopic (exact) mass is 197 g/mol. The Morgan fingerprint density at radius 1 is 1.54 bits per heavy atom. The molecule has 1 aromatic rings. The molecule has 1 fully saturated rings. The van der Waals surface area contributed by atoms with Gasteiger partial charge in [0.1, 0.15) is 0 Å². The summed E-state index contributed by atoms with van der Waals surface area (Å²) < 4.78 is 0. The van der Waals surface area contributed by atoms with E-state index in [1.54, 1.807) is 6.20 Å². The molecule has 2 unspecified atom stereocenters. The molecule has 0 aromatic carbocycles. The van der Waals surface area contributed by atoms with Crippen LogP contribution < -0.4 is 10.9 Å².